The predicted molar refractivity (Wildman–Crippen MR) is 19.4 cm³/mol. The maximum Gasteiger partial charge on any atom is 1.00 e. The summed E-state index contributed by atoms with van der Waals surface area (Å²) in [5, 5.41) is 0. The van der Waals surface area contributed by atoms with Gasteiger partial charge in [-0.05, 0) is 0 Å². The van der Waals surface area contributed by atoms with Crippen LogP contribution >= 0.6 is 12.3 Å². The van der Waals surface area contributed by atoms with E-state index in [1.165, 1.54) is 0 Å². The third-order valence-corrected chi connectivity index (χ3v) is 0. The van der Waals surface area contributed by atoms with Gasteiger partial charge in [0.15, 0.2) is 0 Å². The zero-order chi connectivity index (χ0) is 5.41. The molecule has 0 aliphatic rings. The largest absolute Gasteiger partial charge is 1.00 e. The van der Waals surface area contributed by atoms with Crippen LogP contribution in [0.4, 0.5) is 0 Å². The van der Waals surface area contributed by atoms with Gasteiger partial charge in [-0.2, -0.15) is 0 Å². The van der Waals surface area contributed by atoms with E-state index >= 15 is 0 Å². The second-order valence-corrected chi connectivity index (χ2v) is 0.340. The Kier molecular flexibility index (Phi) is 106. The number of carbonyl (C=O) groups excluding carboxylic acids is 1. The van der Waals surface area contributed by atoms with Gasteiger partial charge >= 0.3 is 59.1 Å². The van der Waals surface area contributed by atoms with Crippen LogP contribution in [0.5, 0.6) is 0 Å². The summed E-state index contributed by atoms with van der Waals surface area (Å²) < 4.78 is 16.6. The van der Waals surface area contributed by atoms with Gasteiger partial charge in [-0.3, -0.25) is 4.79 Å². The number of primary amides is 1. The molecule has 0 aromatic carbocycles. The maximum absolute atomic E-state index is 8.58. The second-order valence-electron chi connectivity index (χ2n) is 0.204. The van der Waals surface area contributed by atoms with E-state index in [-0.39, 0.29) is 65.5 Å². The van der Waals surface area contributed by atoms with Gasteiger partial charge in [0.25, 0.3) is 0 Å². The molecule has 7 heteroatoms. The first-order valence-corrected chi connectivity index (χ1v) is 1.57. The van der Waals surface area contributed by atoms with Crippen molar-refractivity contribution in [2.45, 2.75) is 0 Å². The van der Waals surface area contributed by atoms with Crippen molar-refractivity contribution in [3.63, 3.8) is 0 Å². The molecule has 0 aromatic rings. The van der Waals surface area contributed by atoms with E-state index in [4.69, 9.17) is 13.9 Å². The fraction of sp³-hybridized carbons (Fsp3) is 0. The first-order valence-electron chi connectivity index (χ1n) is 0.902. The standard InChI is InChI=1S/CH3NO.2Na.H2O2S/c2-1-3;;;1-3-2/h1H,(H2,2,3);;;1-2H/q;2*+1;/p-2. The van der Waals surface area contributed by atoms with E-state index < -0.39 is 12.3 Å². The van der Waals surface area contributed by atoms with Gasteiger partial charge in [0.2, 0.25) is 6.41 Å². The molecule has 0 fully saturated rings. The molecule has 0 rings (SSSR count). The average molecular weight is 155 g/mol. The Morgan fingerprint density at radius 2 is 1.38 bits per heavy atom. The van der Waals surface area contributed by atoms with E-state index in [1.54, 1.807) is 0 Å². The van der Waals surface area contributed by atoms with Crippen LogP contribution in [-0.2, 0) is 4.79 Å². The van der Waals surface area contributed by atoms with Gasteiger partial charge in [-0.15, -0.1) is 0 Å². The Morgan fingerprint density at radius 1 is 1.38 bits per heavy atom. The summed E-state index contributed by atoms with van der Waals surface area (Å²) in [6.07, 6.45) is 0.250. The van der Waals surface area contributed by atoms with Gasteiger partial charge in [-0.25, -0.2) is 0 Å². The number of hydrogen-bond acceptors (Lipinski definition) is 4. The Morgan fingerprint density at radius 3 is 1.38 bits per heavy atom. The quantitative estimate of drug-likeness (QED) is 0.214. The molecule has 38 valence electrons. The second kappa shape index (κ2) is 37.4. The minimum Gasteiger partial charge on any atom is -0.811 e. The molecule has 0 saturated carbocycles. The van der Waals surface area contributed by atoms with E-state index in [9.17, 15) is 0 Å². The van der Waals surface area contributed by atoms with Crippen molar-refractivity contribution in [1.82, 2.24) is 0 Å². The Hall–Kier alpha value is 1.74. The summed E-state index contributed by atoms with van der Waals surface area (Å²) in [5.74, 6) is 0. The molecule has 0 atom stereocenters. The van der Waals surface area contributed by atoms with Crippen molar-refractivity contribution in [1.29, 1.82) is 0 Å². The van der Waals surface area contributed by atoms with Crippen LogP contribution in [-0.4, -0.2) is 15.5 Å². The molecule has 0 heterocycles. The minimum absolute atomic E-state index is 0. The first kappa shape index (κ1) is 22.6. The van der Waals surface area contributed by atoms with Crippen molar-refractivity contribution in [3.05, 3.63) is 0 Å². The fourth-order valence-electron chi connectivity index (χ4n) is 0. The Balaban J connectivity index is -0.0000000160. The van der Waals surface area contributed by atoms with Crippen molar-refractivity contribution < 1.29 is 73.0 Å². The van der Waals surface area contributed by atoms with Crippen molar-refractivity contribution in [3.8, 4) is 0 Å². The van der Waals surface area contributed by atoms with Crippen LogP contribution in [0.25, 0.3) is 0 Å². The van der Waals surface area contributed by atoms with E-state index in [0.717, 1.165) is 0 Å². The zero-order valence-electron chi connectivity index (χ0n) is 4.79. The van der Waals surface area contributed by atoms with Gasteiger partial charge < -0.3 is 27.2 Å². The Bertz CT molecular complexity index is 31.2. The summed E-state index contributed by atoms with van der Waals surface area (Å²) in [6.45, 7) is 0. The third kappa shape index (κ3) is 116. The normalized spacial score (nSPS) is 3.75. The predicted octanol–water partition coefficient (Wildman–Crippen LogP) is -6.91. The fourth-order valence-corrected chi connectivity index (χ4v) is 0. The molecule has 8 heavy (non-hydrogen) atoms. The van der Waals surface area contributed by atoms with Crippen molar-refractivity contribution in [2.24, 2.45) is 5.73 Å². The number of amides is 1. The summed E-state index contributed by atoms with van der Waals surface area (Å²) in [5.41, 5.74) is 4.17. The van der Waals surface area contributed by atoms with Gasteiger partial charge in [0.05, 0.1) is 0 Å². The first-order chi connectivity index (χ1) is 2.83. The maximum atomic E-state index is 8.58. The van der Waals surface area contributed by atoms with Crippen LogP contribution in [0.2, 0.25) is 0 Å². The molecule has 2 N–H and O–H groups in total. The van der Waals surface area contributed by atoms with E-state index in [2.05, 4.69) is 5.73 Å². The van der Waals surface area contributed by atoms with Crippen LogP contribution < -0.4 is 64.8 Å². The number of hydrogen-bond donors (Lipinski definition) is 1. The number of nitrogens with two attached hydrogens (primary N) is 1. The molecule has 0 bridgehead atoms. The van der Waals surface area contributed by atoms with Crippen LogP contribution in [0.15, 0.2) is 0 Å². The molecule has 0 aromatic heterocycles. The zero-order valence-corrected chi connectivity index (χ0v) is 9.60. The molecule has 0 saturated heterocycles. The molecule has 0 unspecified atom stereocenters. The SMILES string of the molecule is NC=O.[Na+].[Na+].[O-]S[O-]. The molecular weight excluding hydrogens is 152 g/mol. The third-order valence-electron chi connectivity index (χ3n) is 0. The summed E-state index contributed by atoms with van der Waals surface area (Å²) in [4.78, 5) is 8.58. The van der Waals surface area contributed by atoms with Crippen molar-refractivity contribution >= 4 is 18.7 Å². The molecule has 0 spiro atoms. The smallest absolute Gasteiger partial charge is 0.811 e. The van der Waals surface area contributed by atoms with E-state index in [1.807, 2.05) is 0 Å². The molecule has 0 radical (unpaired) electrons. The van der Waals surface area contributed by atoms with Crippen LogP contribution in [0.1, 0.15) is 0 Å². The van der Waals surface area contributed by atoms with Gasteiger partial charge in [-0.1, -0.05) is 0 Å². The van der Waals surface area contributed by atoms with E-state index in [0.29, 0.717) is 0 Å². The van der Waals surface area contributed by atoms with Gasteiger partial charge in [0.1, 0.15) is 0 Å². The topological polar surface area (TPSA) is 89.2 Å². The van der Waals surface area contributed by atoms with Gasteiger partial charge in [0, 0.05) is 0 Å². The summed E-state index contributed by atoms with van der Waals surface area (Å²) in [6, 6.07) is 0. The monoisotopic (exact) mass is 155 g/mol. The summed E-state index contributed by atoms with van der Waals surface area (Å²) in [7, 11) is 0. The molecule has 0 aliphatic carbocycles. The van der Waals surface area contributed by atoms with Crippen LogP contribution in [0, 0.1) is 0 Å². The molecule has 4 nitrogen and oxygen atoms in total. The van der Waals surface area contributed by atoms with Crippen LogP contribution in [0.3, 0.4) is 0 Å². The molecular formula is CH3NNa2O3S. The minimum atomic E-state index is -0.750. The molecule has 1 amide bonds. The number of rotatable bonds is 0. The molecule has 0 aliphatic heterocycles. The average Bonchev–Trinajstić information content (AvgIpc) is 1.39. The van der Waals surface area contributed by atoms with Crippen molar-refractivity contribution in [2.75, 3.05) is 0 Å². The Labute approximate surface area is 96.2 Å². The number of carbonyl (C=O) groups is 1. The summed E-state index contributed by atoms with van der Waals surface area (Å²) >= 11 is -0.750.